The average Bonchev–Trinajstić information content (AvgIpc) is 2.60. The van der Waals surface area contributed by atoms with Gasteiger partial charge in [0.2, 0.25) is 0 Å². The summed E-state index contributed by atoms with van der Waals surface area (Å²) in [5, 5.41) is 9.99. The lowest BCUT2D eigenvalue weighted by molar-refractivity contribution is 0.110. The van der Waals surface area contributed by atoms with Crippen LogP contribution in [-0.2, 0) is 17.8 Å². The fourth-order valence-electron chi connectivity index (χ4n) is 2.86. The number of likely N-dealkylation sites (N-methyl/N-ethyl adjacent to an activating group) is 1. The highest BCUT2D eigenvalue weighted by molar-refractivity contribution is 5.80. The molecule has 2 aromatic carbocycles. The molecule has 1 aliphatic heterocycles. The van der Waals surface area contributed by atoms with Crippen LogP contribution in [0.4, 0.5) is 0 Å². The lowest BCUT2D eigenvalue weighted by atomic mass is 9.99. The molecular formula is C20H23N3O2. The number of hydrogen-bond acceptors (Lipinski definition) is 5. The summed E-state index contributed by atoms with van der Waals surface area (Å²) in [4.78, 5) is 5.88. The Kier molecular flexibility index (Phi) is 5.16. The van der Waals surface area contributed by atoms with Crippen LogP contribution in [-0.4, -0.2) is 36.4 Å². The number of aliphatic hydroxyl groups excluding tert-OH is 1. The first-order valence-corrected chi connectivity index (χ1v) is 8.20. The van der Waals surface area contributed by atoms with E-state index in [0.29, 0.717) is 19.0 Å². The number of ether oxygens (including phenoxy) is 1. The number of rotatable bonds is 5. The van der Waals surface area contributed by atoms with E-state index in [1.54, 1.807) is 20.2 Å². The summed E-state index contributed by atoms with van der Waals surface area (Å²) in [5.74, 6) is 0.327. The highest BCUT2D eigenvalue weighted by atomic mass is 16.5. The maximum atomic E-state index is 9.99. The molecule has 0 bridgehead atoms. The lowest BCUT2D eigenvalue weighted by Crippen LogP contribution is -2.43. The molecule has 1 atom stereocenters. The third-order valence-corrected chi connectivity index (χ3v) is 4.24. The molecule has 0 aliphatic carbocycles. The first-order valence-electron chi connectivity index (χ1n) is 8.20. The summed E-state index contributed by atoms with van der Waals surface area (Å²) < 4.78 is 5.21. The molecule has 3 rings (SSSR count). The molecule has 2 aromatic rings. The van der Waals surface area contributed by atoms with Gasteiger partial charge in [-0.1, -0.05) is 42.5 Å². The van der Waals surface area contributed by atoms with Gasteiger partial charge in [0.15, 0.2) is 5.96 Å². The van der Waals surface area contributed by atoms with Crippen molar-refractivity contribution in [1.82, 2.24) is 4.90 Å². The monoisotopic (exact) mass is 337 g/mol. The first-order chi connectivity index (χ1) is 12.1. The van der Waals surface area contributed by atoms with Crippen molar-refractivity contribution in [2.45, 2.75) is 19.3 Å². The van der Waals surface area contributed by atoms with Crippen molar-refractivity contribution in [1.29, 1.82) is 0 Å². The van der Waals surface area contributed by atoms with Gasteiger partial charge in [-0.25, -0.2) is 4.99 Å². The van der Waals surface area contributed by atoms with Crippen molar-refractivity contribution in [2.75, 3.05) is 14.2 Å². The predicted octanol–water partition coefficient (Wildman–Crippen LogP) is 2.50. The molecule has 1 unspecified atom stereocenters. The number of benzene rings is 2. The number of aliphatic imine (C=N–C) groups is 1. The van der Waals surface area contributed by atoms with Crippen LogP contribution < -0.4 is 5.73 Å². The molecule has 5 heteroatoms. The summed E-state index contributed by atoms with van der Waals surface area (Å²) in [6.07, 6.45) is 1.61. The molecule has 0 spiro atoms. The molecule has 5 nitrogen and oxygen atoms in total. The first kappa shape index (κ1) is 17.2. The molecule has 3 N–H and O–H groups in total. The smallest absolute Gasteiger partial charge is 0.198 e. The van der Waals surface area contributed by atoms with Crippen molar-refractivity contribution >= 4 is 5.96 Å². The second-order valence-electron chi connectivity index (χ2n) is 6.16. The van der Waals surface area contributed by atoms with E-state index in [4.69, 9.17) is 10.5 Å². The van der Waals surface area contributed by atoms with Gasteiger partial charge in [-0.15, -0.1) is 0 Å². The van der Waals surface area contributed by atoms with Crippen LogP contribution >= 0.6 is 0 Å². The fourth-order valence-corrected chi connectivity index (χ4v) is 2.86. The van der Waals surface area contributed by atoms with Crippen LogP contribution in [0.5, 0.6) is 0 Å². The zero-order chi connectivity index (χ0) is 17.8. The zero-order valence-corrected chi connectivity index (χ0v) is 14.5. The minimum Gasteiger partial charge on any atom is -0.380 e. The molecule has 25 heavy (non-hydrogen) atoms. The number of nitrogens with two attached hydrogens (primary N) is 1. The molecule has 130 valence electrons. The van der Waals surface area contributed by atoms with Crippen LogP contribution in [0.2, 0.25) is 0 Å². The normalized spacial score (nSPS) is 17.2. The molecular weight excluding hydrogens is 314 g/mol. The van der Waals surface area contributed by atoms with Crippen LogP contribution in [0.3, 0.4) is 0 Å². The van der Waals surface area contributed by atoms with Gasteiger partial charge in [0, 0.05) is 26.3 Å². The van der Waals surface area contributed by atoms with Gasteiger partial charge in [0.05, 0.1) is 6.61 Å². The van der Waals surface area contributed by atoms with E-state index in [2.05, 4.69) is 41.4 Å². The van der Waals surface area contributed by atoms with Crippen molar-refractivity contribution < 1.29 is 9.84 Å². The van der Waals surface area contributed by atoms with Gasteiger partial charge in [-0.3, -0.25) is 0 Å². The highest BCUT2D eigenvalue weighted by Gasteiger charge is 2.17. The summed E-state index contributed by atoms with van der Waals surface area (Å²) in [7, 11) is 3.41. The summed E-state index contributed by atoms with van der Waals surface area (Å²) in [5.41, 5.74) is 11.2. The molecule has 1 aliphatic rings. The Morgan fingerprint density at radius 3 is 2.40 bits per heavy atom. The highest BCUT2D eigenvalue weighted by Crippen LogP contribution is 2.24. The predicted molar refractivity (Wildman–Crippen MR) is 99.8 cm³/mol. The molecule has 0 aromatic heterocycles. The third-order valence-electron chi connectivity index (χ3n) is 4.24. The maximum Gasteiger partial charge on any atom is 0.198 e. The lowest BCUT2D eigenvalue weighted by Gasteiger charge is -2.26. The van der Waals surface area contributed by atoms with E-state index in [1.165, 1.54) is 4.90 Å². The number of allylic oxidation sites excluding steroid dienone is 1. The van der Waals surface area contributed by atoms with Crippen molar-refractivity contribution in [3.8, 4) is 11.1 Å². The van der Waals surface area contributed by atoms with Gasteiger partial charge in [0.25, 0.3) is 0 Å². The maximum absolute atomic E-state index is 9.99. The van der Waals surface area contributed by atoms with E-state index >= 15 is 0 Å². The quantitative estimate of drug-likeness (QED) is 0.879. The van der Waals surface area contributed by atoms with Crippen LogP contribution in [0, 0.1) is 0 Å². The summed E-state index contributed by atoms with van der Waals surface area (Å²) in [6, 6.07) is 16.6. The minimum absolute atomic E-state index is 0.327. The Balaban J connectivity index is 1.83. The molecule has 0 fully saturated rings. The largest absolute Gasteiger partial charge is 0.380 e. The van der Waals surface area contributed by atoms with E-state index in [-0.39, 0.29) is 0 Å². The minimum atomic E-state index is -0.735. The topological polar surface area (TPSA) is 71.1 Å². The number of aliphatic hydroxyl groups is 1. The van der Waals surface area contributed by atoms with Gasteiger partial charge >= 0.3 is 0 Å². The van der Waals surface area contributed by atoms with E-state index in [1.807, 2.05) is 12.1 Å². The third kappa shape index (κ3) is 4.07. The van der Waals surface area contributed by atoms with E-state index in [9.17, 15) is 5.11 Å². The standard InChI is InChI=1S/C20H23N3O2/c1-23-19(24)12-18(22-20(23)21)11-14-5-3-7-16(9-14)17-8-4-6-15(10-17)13-25-2/h3-10,12,19,24H,11,13H2,1-2H3,(H2,21,22). The van der Waals surface area contributed by atoms with Crippen LogP contribution in [0.25, 0.3) is 11.1 Å². The second kappa shape index (κ2) is 7.51. The number of guanidine groups is 1. The summed E-state index contributed by atoms with van der Waals surface area (Å²) in [6.45, 7) is 0.597. The van der Waals surface area contributed by atoms with Gasteiger partial charge in [-0.05, 0) is 34.4 Å². The van der Waals surface area contributed by atoms with Gasteiger partial charge in [0.1, 0.15) is 6.23 Å². The Morgan fingerprint density at radius 1 is 1.12 bits per heavy atom. The molecule has 0 saturated heterocycles. The number of methoxy groups -OCH3 is 1. The molecule has 0 radical (unpaired) electrons. The van der Waals surface area contributed by atoms with Gasteiger partial charge in [-0.2, -0.15) is 0 Å². The SMILES string of the molecule is COCc1cccc(-c2cccc(CC3=CC(O)N(C)C(N)=N3)c2)c1. The number of nitrogens with zero attached hydrogens (tertiary/aromatic N) is 2. The van der Waals surface area contributed by atoms with Crippen molar-refractivity contribution in [3.63, 3.8) is 0 Å². The Bertz CT molecular complexity index is 814. The molecule has 1 heterocycles. The molecule has 0 saturated carbocycles. The van der Waals surface area contributed by atoms with Crippen molar-refractivity contribution in [2.24, 2.45) is 10.7 Å². The Morgan fingerprint density at radius 2 is 1.76 bits per heavy atom. The molecule has 0 amide bonds. The van der Waals surface area contributed by atoms with E-state index < -0.39 is 6.23 Å². The Hall–Kier alpha value is -2.63. The fraction of sp³-hybridized carbons (Fsp3) is 0.250. The average molecular weight is 337 g/mol. The second-order valence-corrected chi connectivity index (χ2v) is 6.16. The van der Waals surface area contributed by atoms with Crippen LogP contribution in [0.15, 0.2) is 65.3 Å². The van der Waals surface area contributed by atoms with Gasteiger partial charge < -0.3 is 20.5 Å². The number of hydrogen-bond donors (Lipinski definition) is 2. The van der Waals surface area contributed by atoms with Crippen LogP contribution in [0.1, 0.15) is 11.1 Å². The summed E-state index contributed by atoms with van der Waals surface area (Å²) >= 11 is 0. The Labute approximate surface area is 148 Å². The van der Waals surface area contributed by atoms with E-state index in [0.717, 1.165) is 28.0 Å². The van der Waals surface area contributed by atoms with Crippen molar-refractivity contribution in [3.05, 3.63) is 71.4 Å². The zero-order valence-electron chi connectivity index (χ0n) is 14.5.